The minimum absolute atomic E-state index is 0.449. The first-order chi connectivity index (χ1) is 8.11. The van der Waals surface area contributed by atoms with Gasteiger partial charge in [-0.1, -0.05) is 27.7 Å². The number of hydrogen-bond acceptors (Lipinski definition) is 2. The molecule has 2 nitrogen and oxygen atoms in total. The standard InChI is InChI=1S/C15H21NO/c1-10(2)13-9-17-8-6-12-5-7-16-15(11(3)4)14(12)13/h5,7,9-11H,6,8H2,1-4H3. The van der Waals surface area contributed by atoms with Crippen LogP contribution in [0, 0.1) is 5.92 Å². The fraction of sp³-hybridized carbons (Fsp3) is 0.533. The van der Waals surface area contributed by atoms with Gasteiger partial charge in [-0.2, -0.15) is 0 Å². The second-order valence-electron chi connectivity index (χ2n) is 5.23. The molecule has 0 radical (unpaired) electrons. The number of ether oxygens (including phenoxy) is 1. The van der Waals surface area contributed by atoms with Crippen LogP contribution in [0.3, 0.4) is 0 Å². The lowest BCUT2D eigenvalue weighted by Gasteiger charge is -2.18. The SMILES string of the molecule is CC(C)C1=COCCc2ccnc(C(C)C)c21. The molecule has 0 saturated carbocycles. The van der Waals surface area contributed by atoms with Crippen molar-refractivity contribution in [2.75, 3.05) is 6.61 Å². The van der Waals surface area contributed by atoms with Gasteiger partial charge in [-0.05, 0) is 29.0 Å². The number of hydrogen-bond donors (Lipinski definition) is 0. The van der Waals surface area contributed by atoms with Crippen LogP contribution in [-0.2, 0) is 11.2 Å². The first-order valence-electron chi connectivity index (χ1n) is 6.41. The van der Waals surface area contributed by atoms with E-state index >= 15 is 0 Å². The third kappa shape index (κ3) is 2.36. The van der Waals surface area contributed by atoms with Crippen LogP contribution in [0.25, 0.3) is 5.57 Å². The molecular formula is C15H21NO. The van der Waals surface area contributed by atoms with E-state index in [0.29, 0.717) is 11.8 Å². The molecule has 0 atom stereocenters. The van der Waals surface area contributed by atoms with Crippen molar-refractivity contribution >= 4 is 5.57 Å². The molecule has 1 aliphatic heterocycles. The van der Waals surface area contributed by atoms with Crippen LogP contribution >= 0.6 is 0 Å². The molecular weight excluding hydrogens is 210 g/mol. The van der Waals surface area contributed by atoms with Crippen LogP contribution in [0.5, 0.6) is 0 Å². The van der Waals surface area contributed by atoms with Gasteiger partial charge in [0.15, 0.2) is 0 Å². The van der Waals surface area contributed by atoms with E-state index in [-0.39, 0.29) is 0 Å². The summed E-state index contributed by atoms with van der Waals surface area (Å²) in [5.74, 6) is 0.916. The quantitative estimate of drug-likeness (QED) is 0.773. The van der Waals surface area contributed by atoms with Crippen LogP contribution in [0.2, 0.25) is 0 Å². The van der Waals surface area contributed by atoms with E-state index in [1.807, 2.05) is 12.5 Å². The molecule has 0 bridgehead atoms. The Balaban J connectivity index is 2.61. The molecule has 0 fully saturated rings. The highest BCUT2D eigenvalue weighted by Gasteiger charge is 2.20. The van der Waals surface area contributed by atoms with Crippen LogP contribution in [0.4, 0.5) is 0 Å². The minimum Gasteiger partial charge on any atom is -0.501 e. The van der Waals surface area contributed by atoms with E-state index in [2.05, 4.69) is 38.7 Å². The topological polar surface area (TPSA) is 22.1 Å². The van der Waals surface area contributed by atoms with Crippen LogP contribution in [0.1, 0.15) is 50.4 Å². The smallest absolute Gasteiger partial charge is 0.0914 e. The molecule has 17 heavy (non-hydrogen) atoms. The van der Waals surface area contributed by atoms with Crippen molar-refractivity contribution < 1.29 is 4.74 Å². The van der Waals surface area contributed by atoms with E-state index in [0.717, 1.165) is 13.0 Å². The van der Waals surface area contributed by atoms with Gasteiger partial charge in [-0.25, -0.2) is 0 Å². The molecule has 1 aromatic rings. The summed E-state index contributed by atoms with van der Waals surface area (Å²) < 4.78 is 5.60. The van der Waals surface area contributed by atoms with Gasteiger partial charge in [0.05, 0.1) is 18.6 Å². The predicted molar refractivity (Wildman–Crippen MR) is 70.8 cm³/mol. The van der Waals surface area contributed by atoms with Crippen LogP contribution in [0.15, 0.2) is 18.5 Å². The van der Waals surface area contributed by atoms with Crippen molar-refractivity contribution in [3.05, 3.63) is 35.3 Å². The zero-order valence-corrected chi connectivity index (χ0v) is 11.2. The monoisotopic (exact) mass is 231 g/mol. The molecule has 0 aromatic carbocycles. The molecule has 2 heteroatoms. The summed E-state index contributed by atoms with van der Waals surface area (Å²) in [4.78, 5) is 4.57. The molecule has 0 saturated heterocycles. The van der Waals surface area contributed by atoms with Crippen LogP contribution in [-0.4, -0.2) is 11.6 Å². The third-order valence-electron chi connectivity index (χ3n) is 3.22. The van der Waals surface area contributed by atoms with Crippen molar-refractivity contribution in [3.8, 4) is 0 Å². The first-order valence-corrected chi connectivity index (χ1v) is 6.41. The average molecular weight is 231 g/mol. The molecule has 1 aromatic heterocycles. The maximum absolute atomic E-state index is 5.60. The van der Waals surface area contributed by atoms with E-state index in [1.165, 1.54) is 22.4 Å². The minimum atomic E-state index is 0.449. The summed E-state index contributed by atoms with van der Waals surface area (Å²) in [6.07, 6.45) is 4.84. The number of pyridine rings is 1. The lowest BCUT2D eigenvalue weighted by atomic mass is 9.88. The second-order valence-corrected chi connectivity index (χ2v) is 5.23. The normalized spacial score (nSPS) is 15.3. The fourth-order valence-electron chi connectivity index (χ4n) is 2.30. The Bertz CT molecular complexity index is 433. The Kier molecular flexibility index (Phi) is 3.51. The lowest BCUT2D eigenvalue weighted by molar-refractivity contribution is 0.256. The van der Waals surface area contributed by atoms with Crippen molar-refractivity contribution in [3.63, 3.8) is 0 Å². The van der Waals surface area contributed by atoms with E-state index in [9.17, 15) is 0 Å². The molecule has 0 N–H and O–H groups in total. The Morgan fingerprint density at radius 3 is 2.59 bits per heavy atom. The fourth-order valence-corrected chi connectivity index (χ4v) is 2.30. The zero-order chi connectivity index (χ0) is 12.4. The maximum atomic E-state index is 5.60. The Morgan fingerprint density at radius 2 is 1.94 bits per heavy atom. The van der Waals surface area contributed by atoms with E-state index < -0.39 is 0 Å². The summed E-state index contributed by atoms with van der Waals surface area (Å²) in [5.41, 5.74) is 5.19. The lowest BCUT2D eigenvalue weighted by Crippen LogP contribution is -2.06. The van der Waals surface area contributed by atoms with Gasteiger partial charge in [0.1, 0.15) is 0 Å². The predicted octanol–water partition coefficient (Wildman–Crippen LogP) is 3.77. The molecule has 1 aliphatic rings. The Hall–Kier alpha value is -1.31. The van der Waals surface area contributed by atoms with Gasteiger partial charge in [-0.15, -0.1) is 0 Å². The molecule has 0 aliphatic carbocycles. The number of nitrogens with zero attached hydrogens (tertiary/aromatic N) is 1. The van der Waals surface area contributed by atoms with Gasteiger partial charge in [0, 0.05) is 18.2 Å². The summed E-state index contributed by atoms with van der Waals surface area (Å²) >= 11 is 0. The summed E-state index contributed by atoms with van der Waals surface area (Å²) in [5, 5.41) is 0. The number of rotatable bonds is 2. The van der Waals surface area contributed by atoms with Crippen molar-refractivity contribution in [2.24, 2.45) is 5.92 Å². The largest absolute Gasteiger partial charge is 0.501 e. The number of aromatic nitrogens is 1. The molecule has 0 spiro atoms. The summed E-state index contributed by atoms with van der Waals surface area (Å²) in [6, 6.07) is 2.13. The zero-order valence-electron chi connectivity index (χ0n) is 11.2. The van der Waals surface area contributed by atoms with E-state index in [1.54, 1.807) is 0 Å². The Morgan fingerprint density at radius 1 is 1.18 bits per heavy atom. The highest BCUT2D eigenvalue weighted by Crippen LogP contribution is 2.33. The molecule has 0 amide bonds. The molecule has 2 rings (SSSR count). The van der Waals surface area contributed by atoms with Gasteiger partial charge >= 0.3 is 0 Å². The van der Waals surface area contributed by atoms with Gasteiger partial charge in [0.2, 0.25) is 0 Å². The average Bonchev–Trinajstić information content (AvgIpc) is 2.50. The van der Waals surface area contributed by atoms with Crippen molar-refractivity contribution in [2.45, 2.75) is 40.0 Å². The molecule has 2 heterocycles. The molecule has 0 unspecified atom stereocenters. The van der Waals surface area contributed by atoms with Crippen molar-refractivity contribution in [1.29, 1.82) is 0 Å². The first kappa shape index (κ1) is 12.2. The third-order valence-corrected chi connectivity index (χ3v) is 3.22. The van der Waals surface area contributed by atoms with Gasteiger partial charge in [-0.3, -0.25) is 4.98 Å². The number of allylic oxidation sites excluding steroid dienone is 1. The maximum Gasteiger partial charge on any atom is 0.0914 e. The van der Waals surface area contributed by atoms with Crippen LogP contribution < -0.4 is 0 Å². The van der Waals surface area contributed by atoms with Gasteiger partial charge < -0.3 is 4.74 Å². The number of fused-ring (bicyclic) bond motifs is 1. The summed E-state index contributed by atoms with van der Waals surface area (Å²) in [6.45, 7) is 9.59. The van der Waals surface area contributed by atoms with E-state index in [4.69, 9.17) is 4.74 Å². The Labute approximate surface area is 104 Å². The highest BCUT2D eigenvalue weighted by atomic mass is 16.5. The van der Waals surface area contributed by atoms with Gasteiger partial charge in [0.25, 0.3) is 0 Å². The summed E-state index contributed by atoms with van der Waals surface area (Å²) in [7, 11) is 0. The highest BCUT2D eigenvalue weighted by molar-refractivity contribution is 5.71. The second kappa shape index (κ2) is 4.91. The van der Waals surface area contributed by atoms with Crippen molar-refractivity contribution in [1.82, 2.24) is 4.98 Å². The molecule has 92 valence electrons.